The lowest BCUT2D eigenvalue weighted by atomic mass is 9.85. The lowest BCUT2D eigenvalue weighted by Crippen LogP contribution is -2.36. The second-order valence-electron chi connectivity index (χ2n) is 36.8. The van der Waals surface area contributed by atoms with Gasteiger partial charge in [-0.3, -0.25) is 0 Å². The van der Waals surface area contributed by atoms with Crippen LogP contribution in [0.4, 0.5) is 22.7 Å². The van der Waals surface area contributed by atoms with Crippen molar-refractivity contribution in [1.29, 1.82) is 0 Å². The summed E-state index contributed by atoms with van der Waals surface area (Å²) in [5.41, 5.74) is 12.5. The van der Waals surface area contributed by atoms with Gasteiger partial charge >= 0.3 is 0 Å². The molecule has 0 saturated heterocycles. The number of aromatic nitrogens is 4. The molecule has 0 N–H and O–H groups in total. The lowest BCUT2D eigenvalue weighted by Gasteiger charge is -2.21. The van der Waals surface area contributed by atoms with Gasteiger partial charge in [-0.05, 0) is 197 Å². The molecule has 0 fully saturated rings. The molecule has 16 rings (SSSR count). The third kappa shape index (κ3) is 16.6. The Morgan fingerprint density at radius 2 is 0.637 bits per heavy atom. The van der Waals surface area contributed by atoms with Gasteiger partial charge in [0.05, 0.1) is 54.0 Å². The molecule has 0 aliphatic heterocycles. The second kappa shape index (κ2) is 33.3. The van der Waals surface area contributed by atoms with Crippen molar-refractivity contribution in [3.63, 3.8) is 0 Å². The van der Waals surface area contributed by atoms with Gasteiger partial charge < -0.3 is 17.7 Å². The molecular weight excluding hydrogens is 1520 g/mol. The number of aryl methyl sites for hydroxylation is 8. The van der Waals surface area contributed by atoms with Gasteiger partial charge in [-0.1, -0.05) is 180 Å². The summed E-state index contributed by atoms with van der Waals surface area (Å²) in [6.45, 7) is 62.3. The maximum Gasteiger partial charge on any atom is 0.232 e. The van der Waals surface area contributed by atoms with E-state index >= 15 is 0 Å². The molecule has 8 aromatic heterocycles. The van der Waals surface area contributed by atoms with E-state index in [-0.39, 0.29) is 68.7 Å². The van der Waals surface area contributed by atoms with Gasteiger partial charge in [0.2, 0.25) is 45.5 Å². The highest BCUT2D eigenvalue weighted by Crippen LogP contribution is 2.48. The molecule has 0 spiro atoms. The van der Waals surface area contributed by atoms with E-state index in [0.29, 0.717) is 135 Å². The fraction of sp³-hybridized carbons (Fsp3) is 0.357. The highest BCUT2D eigenvalue weighted by Gasteiger charge is 2.34. The summed E-state index contributed by atoms with van der Waals surface area (Å²) in [4.78, 5) is 14.6. The Morgan fingerprint density at radius 1 is 0.315 bits per heavy atom. The van der Waals surface area contributed by atoms with Gasteiger partial charge in [0.25, 0.3) is 0 Å². The zero-order valence-electron chi connectivity index (χ0n) is 100. The van der Waals surface area contributed by atoms with E-state index in [4.69, 9.17) is 71.4 Å². The molecule has 0 amide bonds. The number of hydrogen-bond donors (Lipinski definition) is 0. The first-order chi connectivity index (χ1) is 67.8. The van der Waals surface area contributed by atoms with Crippen LogP contribution in [0.15, 0.2) is 139 Å². The highest BCUT2D eigenvalue weighted by atomic mass is 16.3. The Bertz CT molecular complexity index is 8370. The molecule has 0 bridgehead atoms. The van der Waals surface area contributed by atoms with Crippen LogP contribution in [0.25, 0.3) is 152 Å². The summed E-state index contributed by atoms with van der Waals surface area (Å²) in [6, 6.07) is 29.3. The zero-order valence-corrected chi connectivity index (χ0v) is 76.4. The molecule has 12 heteroatoms. The molecule has 12 nitrogen and oxygen atoms in total. The zero-order chi connectivity index (χ0) is 111. The van der Waals surface area contributed by atoms with Gasteiger partial charge in [0.1, 0.15) is 72.9 Å². The summed E-state index contributed by atoms with van der Waals surface area (Å²) in [6.07, 6.45) is -8.48. The maximum atomic E-state index is 9.32. The number of para-hydroxylation sites is 1. The number of fused-ring (bicyclic) bond motifs is 12. The van der Waals surface area contributed by atoms with Gasteiger partial charge in [0, 0.05) is 145 Å². The van der Waals surface area contributed by atoms with Crippen molar-refractivity contribution < 1.29 is 68.8 Å². The molecule has 0 aliphatic carbocycles. The SMILES string of the molecule is [2H]c1c(C([2H])([2H])C(C)(C)C)c(C([2H])([2H])[2H])c(C)[n+](C)c1-c1c(C)cc(C)c2c1oc1c([N+]#[C-])cccc12.[2H]c1c(C([2H])([2H])C(C)(C)C)c(C([2H])([2H])[2H])c(C)[n+](C)c1-c1c(C)ccc2c1oc1c([N+]#[C-])c(C)ccc12.[2H]c1c(C([2H])([2H])C(C)(C)C)c(C([2H])([2H])[2H])c(C)[n+](C)c1-c1c(C)ccc2c1oc1c([N+]#[C-])cc(C)cc12.[2H]c1c(C([2H])([2H])C(C)(C)C)c(C([2H])([2H])[2H])c(C)[n+](C)c1-c1c(C)ccc2c1oc1c([N+]#[C-])ccc(C)c12. The fourth-order valence-corrected chi connectivity index (χ4v) is 16.3. The molecule has 8 heterocycles. The normalized spacial score (nSPS) is 15.7. The Kier molecular flexibility index (Phi) is 16.8. The summed E-state index contributed by atoms with van der Waals surface area (Å²) in [5, 5.41) is 6.34. The van der Waals surface area contributed by atoms with Gasteiger partial charge in [-0.15, -0.1) is 0 Å². The Labute approximate surface area is 768 Å². The number of nitrogens with zero attached hydrogens (tertiary/aromatic N) is 8. The van der Waals surface area contributed by atoms with E-state index in [9.17, 15) is 5.48 Å². The Morgan fingerprint density at radius 3 is 1.04 bits per heavy atom. The van der Waals surface area contributed by atoms with Crippen molar-refractivity contribution in [1.82, 2.24) is 0 Å². The van der Waals surface area contributed by atoms with Crippen LogP contribution in [0.2, 0.25) is 0 Å². The maximum absolute atomic E-state index is 9.32. The van der Waals surface area contributed by atoms with Crippen molar-refractivity contribution in [3.05, 3.63) is 279 Å². The largest absolute Gasteiger partial charge is 0.466 e. The van der Waals surface area contributed by atoms with E-state index in [2.05, 4.69) is 19.4 Å². The van der Waals surface area contributed by atoms with Crippen LogP contribution in [-0.2, 0) is 53.7 Å². The summed E-state index contributed by atoms with van der Waals surface area (Å²) >= 11 is 0. The molecule has 16 aromatic rings. The van der Waals surface area contributed by atoms with Crippen LogP contribution in [0.1, 0.15) is 228 Å². The standard InChI is InChI=1S/4C28H31N2O/c1-16-11-13-22(29-8)27-24(16)21-12-10-17(2)25(26(21)31-27)23-14-20(15-28(5,6)7)18(3)19(4)30(23)9;1-16-10-12-21-22-13-11-17(2)25(29-8)27(22)31-26(21)24(16)23-14-20(15-28(5,6)7)18(3)19(4)30(23)9;1-16-12-22-21-11-10-17(2)25(27(21)31-26(22)23(13-16)29-8)24-14-20(15-28(5,6)7)18(3)19(4)30(24)9;1-16-13-17(2)25(27-24(16)21-11-10-12-22(29-8)26(21)31-27)23-14-20(15-28(5,6)7)18(3)19(4)30(23)9/h4*10-14H,15H2,1-7,9H3/q4*+1/i4*3D3,14D,15D2. The number of hydrogen-bond acceptors (Lipinski definition) is 4. The minimum Gasteiger partial charge on any atom is -0.466 e. The van der Waals surface area contributed by atoms with Gasteiger partial charge in [-0.2, -0.15) is 18.3 Å². The minimum absolute atomic E-state index is 0.128. The first-order valence-corrected chi connectivity index (χ1v) is 41.3. The monoisotopic (exact) mass is 1670 g/mol. The van der Waals surface area contributed by atoms with Crippen LogP contribution >= 0.6 is 0 Å². The van der Waals surface area contributed by atoms with Crippen LogP contribution in [0.3, 0.4) is 0 Å². The number of rotatable bonds is 8. The summed E-state index contributed by atoms with van der Waals surface area (Å²) < 4.78 is 240. The first kappa shape index (κ1) is 62.6. The van der Waals surface area contributed by atoms with E-state index < -0.39 is 74.6 Å². The third-order valence-corrected chi connectivity index (χ3v) is 22.8. The molecule has 124 heavy (non-hydrogen) atoms. The molecule has 632 valence electrons. The van der Waals surface area contributed by atoms with Crippen molar-refractivity contribution in [3.8, 4) is 45.0 Å². The predicted octanol–water partition coefficient (Wildman–Crippen LogP) is 29.8. The average Bonchev–Trinajstić information content (AvgIpc) is 1.13. The molecule has 8 aromatic carbocycles. The van der Waals surface area contributed by atoms with Gasteiger partial charge in [0.15, 0.2) is 22.8 Å². The van der Waals surface area contributed by atoms with Crippen LogP contribution in [0.5, 0.6) is 0 Å². The van der Waals surface area contributed by atoms with Crippen LogP contribution < -0.4 is 18.3 Å². The first-order valence-electron chi connectivity index (χ1n) is 53.3. The molecule has 0 radical (unpaired) electrons. The third-order valence-electron chi connectivity index (χ3n) is 22.8. The predicted molar refractivity (Wildman–Crippen MR) is 515 cm³/mol. The molecule has 0 aliphatic rings. The van der Waals surface area contributed by atoms with E-state index in [1.54, 1.807) is 175 Å². The molecule has 0 saturated carbocycles. The Balaban J connectivity index is 0.000000165. The molecule has 0 unspecified atom stereocenters. The minimum atomic E-state index is -2.62. The van der Waals surface area contributed by atoms with Crippen molar-refractivity contribution in [2.75, 3.05) is 0 Å². The van der Waals surface area contributed by atoms with E-state index in [1.165, 1.54) is 0 Å². The quantitative estimate of drug-likeness (QED) is 0.112. The van der Waals surface area contributed by atoms with E-state index in [0.717, 1.165) is 87.6 Å². The van der Waals surface area contributed by atoms with Crippen molar-refractivity contribution >= 4 is 111 Å². The smallest absolute Gasteiger partial charge is 0.232 e. The topological polar surface area (TPSA) is 85.5 Å². The highest BCUT2D eigenvalue weighted by molar-refractivity contribution is 6.17. The Hall–Kier alpha value is -12.5. The second-order valence-corrected chi connectivity index (χ2v) is 36.8. The molecule has 0 atom stereocenters. The van der Waals surface area contributed by atoms with Crippen LogP contribution in [-0.4, -0.2) is 0 Å². The van der Waals surface area contributed by atoms with Crippen molar-refractivity contribution in [2.45, 2.75) is 219 Å². The molecular formula is C112H124N8O4+4. The van der Waals surface area contributed by atoms with Crippen LogP contribution in [0, 0.1) is 158 Å². The van der Waals surface area contributed by atoms with E-state index in [1.807, 2.05) is 134 Å². The number of benzene rings is 8. The average molecular weight is 1670 g/mol. The summed E-state index contributed by atoms with van der Waals surface area (Å²) in [7, 11) is 6.80. The lowest BCUT2D eigenvalue weighted by molar-refractivity contribution is -0.667. The number of pyridine rings is 4. The summed E-state index contributed by atoms with van der Waals surface area (Å²) in [5.74, 6) is 0. The fourth-order valence-electron chi connectivity index (χ4n) is 16.3. The van der Waals surface area contributed by atoms with Gasteiger partial charge in [-0.25, -0.2) is 19.4 Å². The number of furan rings is 4. The van der Waals surface area contributed by atoms with Crippen molar-refractivity contribution in [2.24, 2.45) is 49.9 Å².